The number of hydrogen-bond acceptors (Lipinski definition) is 7. The van der Waals surface area contributed by atoms with E-state index in [0.29, 0.717) is 17.9 Å². The van der Waals surface area contributed by atoms with Gasteiger partial charge in [0.25, 0.3) is 5.56 Å². The number of nitrogens with one attached hydrogen (secondary N) is 1. The molecule has 0 bridgehead atoms. The van der Waals surface area contributed by atoms with Crippen molar-refractivity contribution < 1.29 is 14.4 Å². The maximum absolute atomic E-state index is 11.8. The quantitative estimate of drug-likeness (QED) is 0.523. The van der Waals surface area contributed by atoms with Crippen LogP contribution in [0.15, 0.2) is 35.4 Å². The molecule has 132 valence electrons. The van der Waals surface area contributed by atoms with Crippen molar-refractivity contribution in [3.63, 3.8) is 0 Å². The third-order valence-corrected chi connectivity index (χ3v) is 5.93. The number of imidazole rings is 1. The molecule has 1 atom stereocenters. The zero-order valence-corrected chi connectivity index (χ0v) is 14.7. The predicted molar refractivity (Wildman–Crippen MR) is 94.1 cm³/mol. The first-order chi connectivity index (χ1) is 11.8. The molecule has 2 heterocycles. The van der Waals surface area contributed by atoms with Gasteiger partial charge in [-0.1, -0.05) is 24.3 Å². The summed E-state index contributed by atoms with van der Waals surface area (Å²) >= 11 is 1.12. The Morgan fingerprint density at radius 1 is 1.40 bits per heavy atom. The van der Waals surface area contributed by atoms with Crippen LogP contribution in [-0.4, -0.2) is 29.9 Å². The highest BCUT2D eigenvalue weighted by Crippen LogP contribution is 2.35. The Hall–Kier alpha value is -2.13. The number of anilines is 1. The molecule has 0 fully saturated rings. The lowest BCUT2D eigenvalue weighted by molar-refractivity contribution is -0.191. The van der Waals surface area contributed by atoms with Crippen molar-refractivity contribution in [2.45, 2.75) is 12.3 Å². The van der Waals surface area contributed by atoms with Gasteiger partial charge in [0, 0.05) is 5.75 Å². The highest BCUT2D eigenvalue weighted by atomic mass is 32.2. The first-order valence-corrected chi connectivity index (χ1v) is 10.1. The van der Waals surface area contributed by atoms with E-state index in [0.717, 1.165) is 22.9 Å². The van der Waals surface area contributed by atoms with E-state index in [9.17, 15) is 14.3 Å². The first kappa shape index (κ1) is 17.7. The van der Waals surface area contributed by atoms with Gasteiger partial charge in [-0.15, -0.1) is 11.8 Å². The Morgan fingerprint density at radius 2 is 2.16 bits per heavy atom. The van der Waals surface area contributed by atoms with E-state index in [2.05, 4.69) is 15.0 Å². The minimum absolute atomic E-state index is 0.0236. The number of fused-ring (bicyclic) bond motifs is 1. The maximum atomic E-state index is 11.8. The van der Waals surface area contributed by atoms with Gasteiger partial charge in [0.05, 0.1) is 18.4 Å². The number of nitrogen functional groups attached to an aromatic ring is 1. The molecule has 3 rings (SSSR count). The fraction of sp³-hybridized carbons (Fsp3) is 0.214. The monoisotopic (exact) mass is 380 g/mol. The van der Waals surface area contributed by atoms with Crippen molar-refractivity contribution in [1.29, 1.82) is 0 Å². The second-order valence-electron chi connectivity index (χ2n) is 5.43. The van der Waals surface area contributed by atoms with E-state index in [-0.39, 0.29) is 17.0 Å². The van der Waals surface area contributed by atoms with Crippen molar-refractivity contribution in [1.82, 2.24) is 19.5 Å². The molecule has 9 nitrogen and oxygen atoms in total. The molecule has 0 spiro atoms. The molecular formula is C14H15N5O4PS-. The summed E-state index contributed by atoms with van der Waals surface area (Å²) < 4.78 is 12.5. The lowest BCUT2D eigenvalue weighted by Crippen LogP contribution is -2.12. The molecule has 1 unspecified atom stereocenters. The molecule has 0 aliphatic carbocycles. The predicted octanol–water partition coefficient (Wildman–Crippen LogP) is 0.486. The number of aromatic amines is 1. The molecule has 3 aromatic rings. The molecule has 0 saturated heterocycles. The van der Waals surface area contributed by atoms with Crippen molar-refractivity contribution in [2.75, 3.05) is 11.2 Å². The normalized spacial score (nSPS) is 13.8. The number of aromatic nitrogens is 4. The number of nitrogens with two attached hydrogens (primary N) is 1. The van der Waals surface area contributed by atoms with Crippen LogP contribution in [0.4, 0.5) is 5.95 Å². The average molecular weight is 380 g/mol. The highest BCUT2D eigenvalue weighted by Gasteiger charge is 2.10. The number of nitrogens with zero attached hydrogens (tertiary/aromatic N) is 3. The molecule has 0 aliphatic rings. The van der Waals surface area contributed by atoms with E-state index in [1.165, 1.54) is 6.33 Å². The Bertz CT molecular complexity index is 1010. The van der Waals surface area contributed by atoms with Crippen LogP contribution in [0.5, 0.6) is 0 Å². The highest BCUT2D eigenvalue weighted by molar-refractivity contribution is 8.03. The fourth-order valence-corrected chi connectivity index (χ4v) is 4.08. The van der Waals surface area contributed by atoms with Gasteiger partial charge in [-0.05, 0) is 11.1 Å². The molecule has 0 amide bonds. The van der Waals surface area contributed by atoms with Gasteiger partial charge in [-0.25, -0.2) is 4.98 Å². The lowest BCUT2D eigenvalue weighted by Gasteiger charge is -2.14. The Balaban J connectivity index is 1.79. The summed E-state index contributed by atoms with van der Waals surface area (Å²) in [6, 6.07) is 7.55. The van der Waals surface area contributed by atoms with Crippen LogP contribution in [-0.2, 0) is 16.9 Å². The summed E-state index contributed by atoms with van der Waals surface area (Å²) in [5.74, 6) is 0.478. The summed E-state index contributed by atoms with van der Waals surface area (Å²) in [7, 11) is -4.25. The fourth-order valence-electron chi connectivity index (χ4n) is 2.38. The zero-order chi connectivity index (χ0) is 18.0. The van der Waals surface area contributed by atoms with Gasteiger partial charge >= 0.3 is 0 Å². The van der Waals surface area contributed by atoms with E-state index >= 15 is 0 Å². The second-order valence-corrected chi connectivity index (χ2v) is 8.44. The summed E-state index contributed by atoms with van der Waals surface area (Å²) in [5.41, 5.74) is 7.34. The summed E-state index contributed by atoms with van der Waals surface area (Å²) in [4.78, 5) is 41.9. The van der Waals surface area contributed by atoms with E-state index < -0.39 is 13.2 Å². The standard InChI is InChI=1S/C14H16N5O4PS/c15-14-17-12-11(13(20)18-14)16-7-19(12)5-9-2-1-3-10(4-9)6-25-8-24(21,22)23/h1-4,7H,5-6,8H2,(H2,21,22,23)(H3,15,17,18,20)/p-1. The van der Waals surface area contributed by atoms with Crippen LogP contribution in [0.25, 0.3) is 11.2 Å². The number of rotatable bonds is 6. The maximum Gasteiger partial charge on any atom is 0.280 e. The average Bonchev–Trinajstić information content (AvgIpc) is 2.89. The number of H-pyrrole nitrogens is 1. The summed E-state index contributed by atoms with van der Waals surface area (Å²) in [6.07, 6.45) is 1.52. The zero-order valence-electron chi connectivity index (χ0n) is 13.0. The minimum Gasteiger partial charge on any atom is -0.778 e. The molecule has 4 N–H and O–H groups in total. The van der Waals surface area contributed by atoms with Crippen LogP contribution in [0, 0.1) is 0 Å². The number of thioether (sulfide) groups is 1. The molecule has 25 heavy (non-hydrogen) atoms. The van der Waals surface area contributed by atoms with Crippen LogP contribution >= 0.6 is 19.4 Å². The van der Waals surface area contributed by atoms with Crippen LogP contribution in [0.1, 0.15) is 11.1 Å². The van der Waals surface area contributed by atoms with E-state index in [1.54, 1.807) is 4.57 Å². The van der Waals surface area contributed by atoms with Crippen molar-refractivity contribution in [3.8, 4) is 0 Å². The Labute approximate surface area is 146 Å². The van der Waals surface area contributed by atoms with Crippen molar-refractivity contribution in [2.24, 2.45) is 0 Å². The molecular weight excluding hydrogens is 365 g/mol. The molecule has 11 heteroatoms. The van der Waals surface area contributed by atoms with Crippen molar-refractivity contribution in [3.05, 3.63) is 52.1 Å². The smallest absolute Gasteiger partial charge is 0.280 e. The van der Waals surface area contributed by atoms with Gasteiger partial charge in [0.2, 0.25) is 5.95 Å². The first-order valence-electron chi connectivity index (χ1n) is 7.21. The molecule has 2 aromatic heterocycles. The number of benzene rings is 1. The van der Waals surface area contributed by atoms with Gasteiger partial charge in [0.1, 0.15) is 7.60 Å². The van der Waals surface area contributed by atoms with Gasteiger partial charge in [-0.3, -0.25) is 9.78 Å². The SMILES string of the molecule is Nc1nc2c(ncn2Cc2cccc(CSCP(=O)([O-])O)c2)c(=O)[nH]1. The van der Waals surface area contributed by atoms with Gasteiger partial charge in [-0.2, -0.15) is 4.98 Å². The lowest BCUT2D eigenvalue weighted by atomic mass is 10.1. The Morgan fingerprint density at radius 3 is 2.92 bits per heavy atom. The largest absolute Gasteiger partial charge is 0.778 e. The molecule has 1 aromatic carbocycles. The van der Waals surface area contributed by atoms with Crippen molar-refractivity contribution >= 4 is 36.5 Å². The van der Waals surface area contributed by atoms with E-state index in [4.69, 9.17) is 10.6 Å². The van der Waals surface area contributed by atoms with Crippen LogP contribution in [0.2, 0.25) is 0 Å². The van der Waals surface area contributed by atoms with Gasteiger partial charge < -0.3 is 24.7 Å². The third kappa shape index (κ3) is 4.49. The summed E-state index contributed by atoms with van der Waals surface area (Å²) in [5, 5.41) is 0. The molecule has 0 aliphatic heterocycles. The molecule has 0 radical (unpaired) electrons. The van der Waals surface area contributed by atoms with Gasteiger partial charge in [0.15, 0.2) is 11.2 Å². The summed E-state index contributed by atoms with van der Waals surface area (Å²) in [6.45, 7) is 0.435. The van der Waals surface area contributed by atoms with Crippen LogP contribution < -0.4 is 16.2 Å². The molecule has 0 saturated carbocycles. The van der Waals surface area contributed by atoms with E-state index in [1.807, 2.05) is 24.3 Å². The third-order valence-electron chi connectivity index (χ3n) is 3.36. The Kier molecular flexibility index (Phi) is 4.96. The van der Waals surface area contributed by atoms with Crippen LogP contribution in [0.3, 0.4) is 0 Å². The minimum atomic E-state index is -4.25. The second kappa shape index (κ2) is 7.01. The number of hydrogen-bond donors (Lipinski definition) is 3. The topological polar surface area (TPSA) is 150 Å².